The second kappa shape index (κ2) is 10.1. The van der Waals surface area contributed by atoms with Crippen molar-refractivity contribution in [1.29, 1.82) is 0 Å². The van der Waals surface area contributed by atoms with Crippen LogP contribution in [0.25, 0.3) is 0 Å². The lowest BCUT2D eigenvalue weighted by Crippen LogP contribution is -2.44. The van der Waals surface area contributed by atoms with Gasteiger partial charge < -0.3 is 15.4 Å². The minimum Gasteiger partial charge on any atom is -0.494 e. The van der Waals surface area contributed by atoms with Gasteiger partial charge in [0.2, 0.25) is 0 Å². The molecule has 1 saturated heterocycles. The Bertz CT molecular complexity index is 650. The smallest absolute Gasteiger partial charge is 0.191 e. The van der Waals surface area contributed by atoms with Crippen molar-refractivity contribution in [3.63, 3.8) is 0 Å². The molecule has 136 valence electrons. The average Bonchev–Trinajstić information content (AvgIpc) is 2.85. The Morgan fingerprint density at radius 2 is 2.08 bits per heavy atom. The number of hydrogen-bond donors (Lipinski definition) is 2. The van der Waals surface area contributed by atoms with Crippen molar-refractivity contribution in [2.45, 2.75) is 32.9 Å². The third-order valence-electron chi connectivity index (χ3n) is 3.60. The molecule has 1 atom stereocenters. The van der Waals surface area contributed by atoms with Crippen molar-refractivity contribution < 1.29 is 13.2 Å². The molecular weight excluding hydrogens is 441 g/mol. The van der Waals surface area contributed by atoms with Gasteiger partial charge in [-0.05, 0) is 26.3 Å². The van der Waals surface area contributed by atoms with Crippen LogP contribution in [0.5, 0.6) is 5.75 Å². The second-order valence-electron chi connectivity index (χ2n) is 5.48. The molecule has 1 aromatic carbocycles. The van der Waals surface area contributed by atoms with Gasteiger partial charge in [0, 0.05) is 18.2 Å². The highest BCUT2D eigenvalue weighted by molar-refractivity contribution is 14.0. The summed E-state index contributed by atoms with van der Waals surface area (Å²) in [6.07, 6.45) is 0.627. The van der Waals surface area contributed by atoms with Crippen LogP contribution in [0.15, 0.2) is 29.3 Å². The molecule has 0 spiro atoms. The van der Waals surface area contributed by atoms with Crippen molar-refractivity contribution in [1.82, 2.24) is 10.6 Å². The number of rotatable bonds is 6. The van der Waals surface area contributed by atoms with Gasteiger partial charge in [0.05, 0.1) is 24.7 Å². The van der Waals surface area contributed by atoms with E-state index < -0.39 is 9.84 Å². The molecule has 2 rings (SSSR count). The fraction of sp³-hybridized carbons (Fsp3) is 0.562. The third kappa shape index (κ3) is 6.46. The maximum atomic E-state index is 11.6. The van der Waals surface area contributed by atoms with Crippen LogP contribution >= 0.6 is 24.0 Å². The molecule has 1 aliphatic rings. The molecule has 0 radical (unpaired) electrons. The zero-order valence-corrected chi connectivity index (χ0v) is 17.3. The molecule has 2 N–H and O–H groups in total. The lowest BCUT2D eigenvalue weighted by atomic mass is 10.2. The average molecular weight is 467 g/mol. The first kappa shape index (κ1) is 21.0. The normalized spacial score (nSPS) is 19.4. The number of nitrogens with zero attached hydrogens (tertiary/aromatic N) is 1. The number of aliphatic imine (C=N–C) groups is 1. The summed E-state index contributed by atoms with van der Waals surface area (Å²) in [6, 6.07) is 7.73. The van der Waals surface area contributed by atoms with E-state index in [-0.39, 0.29) is 41.5 Å². The van der Waals surface area contributed by atoms with Gasteiger partial charge in [0.25, 0.3) is 0 Å². The van der Waals surface area contributed by atoms with Crippen LogP contribution in [0.3, 0.4) is 0 Å². The summed E-state index contributed by atoms with van der Waals surface area (Å²) in [4.78, 5) is 4.56. The molecule has 0 saturated carbocycles. The molecule has 1 unspecified atom stereocenters. The van der Waals surface area contributed by atoms with E-state index >= 15 is 0 Å². The van der Waals surface area contributed by atoms with Crippen LogP contribution < -0.4 is 15.4 Å². The number of nitrogens with one attached hydrogen (secondary N) is 2. The molecule has 1 heterocycles. The van der Waals surface area contributed by atoms with Gasteiger partial charge in [-0.1, -0.05) is 18.2 Å². The van der Waals surface area contributed by atoms with Crippen molar-refractivity contribution in [2.75, 3.05) is 24.7 Å². The number of guanidine groups is 1. The van der Waals surface area contributed by atoms with Crippen LogP contribution in [0, 0.1) is 0 Å². The van der Waals surface area contributed by atoms with E-state index in [2.05, 4.69) is 15.6 Å². The van der Waals surface area contributed by atoms with Crippen LogP contribution in [0.2, 0.25) is 0 Å². The predicted octanol–water partition coefficient (Wildman–Crippen LogP) is 1.95. The molecule has 1 aromatic rings. The van der Waals surface area contributed by atoms with Gasteiger partial charge in [-0.2, -0.15) is 0 Å². The largest absolute Gasteiger partial charge is 0.494 e. The maximum absolute atomic E-state index is 11.6. The van der Waals surface area contributed by atoms with Crippen molar-refractivity contribution in [3.8, 4) is 5.75 Å². The number of para-hydroxylation sites is 1. The molecule has 1 aliphatic heterocycles. The molecular formula is C16H26IN3O3S. The van der Waals surface area contributed by atoms with Crippen LogP contribution in [0.1, 0.15) is 25.8 Å². The Hall–Kier alpha value is -1.03. The van der Waals surface area contributed by atoms with E-state index in [1.54, 1.807) is 0 Å². The van der Waals surface area contributed by atoms with E-state index in [4.69, 9.17) is 4.74 Å². The first-order valence-corrected chi connectivity index (χ1v) is 9.82. The van der Waals surface area contributed by atoms with Crippen LogP contribution in [-0.2, 0) is 16.4 Å². The fourth-order valence-corrected chi connectivity index (χ4v) is 4.19. The van der Waals surface area contributed by atoms with E-state index in [1.807, 2.05) is 38.1 Å². The zero-order valence-electron chi connectivity index (χ0n) is 14.1. The monoisotopic (exact) mass is 467 g/mol. The zero-order chi connectivity index (χ0) is 16.7. The van der Waals surface area contributed by atoms with Crippen LogP contribution in [-0.4, -0.2) is 45.1 Å². The van der Waals surface area contributed by atoms with Gasteiger partial charge in [-0.25, -0.2) is 13.4 Å². The number of halogens is 1. The van der Waals surface area contributed by atoms with E-state index in [1.165, 1.54) is 0 Å². The maximum Gasteiger partial charge on any atom is 0.191 e. The lowest BCUT2D eigenvalue weighted by molar-refractivity contribution is 0.336. The topological polar surface area (TPSA) is 79.8 Å². The van der Waals surface area contributed by atoms with Crippen LogP contribution in [0.4, 0.5) is 0 Å². The SMILES string of the molecule is CCNC(=NCc1ccccc1OCC)NC1CCS(=O)(=O)C1.I. The quantitative estimate of drug-likeness (QED) is 0.380. The first-order chi connectivity index (χ1) is 11.0. The Kier molecular flexibility index (Phi) is 8.82. The fourth-order valence-electron chi connectivity index (χ4n) is 2.52. The van der Waals surface area contributed by atoms with Crippen molar-refractivity contribution >= 4 is 39.8 Å². The van der Waals surface area contributed by atoms with Crippen molar-refractivity contribution in [3.05, 3.63) is 29.8 Å². The Morgan fingerprint density at radius 3 is 2.71 bits per heavy atom. The summed E-state index contributed by atoms with van der Waals surface area (Å²) in [5.41, 5.74) is 1.01. The number of hydrogen-bond acceptors (Lipinski definition) is 4. The van der Waals surface area contributed by atoms with Gasteiger partial charge in [0.1, 0.15) is 5.75 Å². The highest BCUT2D eigenvalue weighted by atomic mass is 127. The Morgan fingerprint density at radius 1 is 1.33 bits per heavy atom. The number of sulfone groups is 1. The van der Waals surface area contributed by atoms with Crippen molar-refractivity contribution in [2.24, 2.45) is 4.99 Å². The van der Waals surface area contributed by atoms with Gasteiger partial charge >= 0.3 is 0 Å². The van der Waals surface area contributed by atoms with Gasteiger partial charge in [0.15, 0.2) is 15.8 Å². The molecule has 0 aromatic heterocycles. The lowest BCUT2D eigenvalue weighted by Gasteiger charge is -2.16. The number of ether oxygens (including phenoxy) is 1. The highest BCUT2D eigenvalue weighted by Crippen LogP contribution is 2.18. The van der Waals surface area contributed by atoms with Gasteiger partial charge in [-0.15, -0.1) is 24.0 Å². The third-order valence-corrected chi connectivity index (χ3v) is 5.37. The Labute approximate surface area is 161 Å². The van der Waals surface area contributed by atoms with E-state index in [0.29, 0.717) is 25.5 Å². The molecule has 0 aliphatic carbocycles. The second-order valence-corrected chi connectivity index (χ2v) is 7.71. The molecule has 0 bridgehead atoms. The van der Waals surface area contributed by atoms with E-state index in [0.717, 1.165) is 17.9 Å². The predicted molar refractivity (Wildman–Crippen MR) is 108 cm³/mol. The summed E-state index contributed by atoms with van der Waals surface area (Å²) < 4.78 is 28.7. The molecule has 24 heavy (non-hydrogen) atoms. The molecule has 1 fully saturated rings. The standard InChI is InChI=1S/C16H25N3O3S.HI/c1-3-17-16(19-14-9-10-23(20,21)12-14)18-11-13-7-5-6-8-15(13)22-4-2;/h5-8,14H,3-4,9-12H2,1-2H3,(H2,17,18,19);1H. The summed E-state index contributed by atoms with van der Waals surface area (Å²) in [6.45, 7) is 5.74. The molecule has 8 heteroatoms. The molecule has 6 nitrogen and oxygen atoms in total. The minimum atomic E-state index is -2.90. The summed E-state index contributed by atoms with van der Waals surface area (Å²) in [7, 11) is -2.90. The summed E-state index contributed by atoms with van der Waals surface area (Å²) in [5.74, 6) is 1.89. The molecule has 0 amide bonds. The first-order valence-electron chi connectivity index (χ1n) is 8.00. The summed E-state index contributed by atoms with van der Waals surface area (Å²) in [5, 5.41) is 6.37. The Balaban J connectivity index is 0.00000288. The van der Waals surface area contributed by atoms with E-state index in [9.17, 15) is 8.42 Å². The van der Waals surface area contributed by atoms with Gasteiger partial charge in [-0.3, -0.25) is 0 Å². The minimum absolute atomic E-state index is 0. The highest BCUT2D eigenvalue weighted by Gasteiger charge is 2.28. The summed E-state index contributed by atoms with van der Waals surface area (Å²) >= 11 is 0. The number of benzene rings is 1.